The highest BCUT2D eigenvalue weighted by Crippen LogP contribution is 2.21. The lowest BCUT2D eigenvalue weighted by Gasteiger charge is -2.40. The minimum atomic E-state index is -0.265. The number of amides is 1. The van der Waals surface area contributed by atoms with Crippen molar-refractivity contribution in [3.8, 4) is 0 Å². The van der Waals surface area contributed by atoms with Crippen molar-refractivity contribution in [3.05, 3.63) is 0 Å². The molecule has 18 heavy (non-hydrogen) atoms. The molecule has 2 aliphatic rings. The van der Waals surface area contributed by atoms with E-state index < -0.39 is 0 Å². The van der Waals surface area contributed by atoms with Crippen LogP contribution in [0.2, 0.25) is 0 Å². The normalized spacial score (nSPS) is 25.6. The molecule has 0 aromatic heterocycles. The minimum Gasteiger partial charge on any atom is -0.393 e. The van der Waals surface area contributed by atoms with Gasteiger partial charge in [0.15, 0.2) is 0 Å². The fourth-order valence-corrected chi connectivity index (χ4v) is 2.54. The van der Waals surface area contributed by atoms with Crippen LogP contribution in [0.25, 0.3) is 0 Å². The molecule has 1 unspecified atom stereocenters. The molecule has 5 nitrogen and oxygen atoms in total. The van der Waals surface area contributed by atoms with Crippen molar-refractivity contribution in [3.63, 3.8) is 0 Å². The molecule has 0 radical (unpaired) electrons. The highest BCUT2D eigenvalue weighted by Gasteiger charge is 2.34. The Hall–Kier alpha value is -0.650. The van der Waals surface area contributed by atoms with Gasteiger partial charge < -0.3 is 20.1 Å². The van der Waals surface area contributed by atoms with Crippen LogP contribution in [0.4, 0.5) is 0 Å². The van der Waals surface area contributed by atoms with Crippen molar-refractivity contribution in [1.82, 2.24) is 10.2 Å². The Morgan fingerprint density at radius 2 is 2.11 bits per heavy atom. The smallest absolute Gasteiger partial charge is 0.248 e. The zero-order chi connectivity index (χ0) is 13.2. The number of nitrogens with one attached hydrogen (secondary N) is 1. The molecule has 2 fully saturated rings. The molecule has 0 saturated carbocycles. The summed E-state index contributed by atoms with van der Waals surface area (Å²) in [6.45, 7) is 7.16. The number of carbonyl (C=O) groups is 1. The van der Waals surface area contributed by atoms with E-state index in [0.717, 1.165) is 39.0 Å². The van der Waals surface area contributed by atoms with Gasteiger partial charge in [-0.05, 0) is 32.6 Å². The molecule has 2 rings (SSSR count). The first-order valence-electron chi connectivity index (χ1n) is 6.81. The predicted octanol–water partition coefficient (Wildman–Crippen LogP) is -0.0157. The van der Waals surface area contributed by atoms with Gasteiger partial charge in [-0.25, -0.2) is 0 Å². The molecule has 0 aromatic carbocycles. The van der Waals surface area contributed by atoms with Gasteiger partial charge in [-0.15, -0.1) is 0 Å². The fourth-order valence-electron chi connectivity index (χ4n) is 2.54. The lowest BCUT2D eigenvalue weighted by Crippen LogP contribution is -2.59. The third-order valence-electron chi connectivity index (χ3n) is 4.12. The molecule has 1 amide bonds. The molecule has 0 bridgehead atoms. The standard InChI is InChI=1S/C13H24N2O3/c1-10(16)11-3-5-15(6-4-11)12(17)7-18-13(2)8-14-9-13/h10-11,14,16H,3-9H2,1-2H3. The van der Waals surface area contributed by atoms with Crippen molar-refractivity contribution in [2.75, 3.05) is 32.8 Å². The molecule has 0 aromatic rings. The molecule has 104 valence electrons. The van der Waals surface area contributed by atoms with Gasteiger partial charge in [-0.3, -0.25) is 4.79 Å². The molecule has 0 spiro atoms. The number of ether oxygens (including phenoxy) is 1. The minimum absolute atomic E-state index is 0.0761. The number of nitrogens with zero attached hydrogens (tertiary/aromatic N) is 1. The fraction of sp³-hybridized carbons (Fsp3) is 0.923. The quantitative estimate of drug-likeness (QED) is 0.742. The largest absolute Gasteiger partial charge is 0.393 e. The van der Waals surface area contributed by atoms with Crippen LogP contribution < -0.4 is 5.32 Å². The maximum Gasteiger partial charge on any atom is 0.248 e. The summed E-state index contributed by atoms with van der Waals surface area (Å²) in [5.41, 5.74) is -0.159. The van der Waals surface area contributed by atoms with Gasteiger partial charge in [-0.2, -0.15) is 0 Å². The number of aliphatic hydroxyl groups is 1. The highest BCUT2D eigenvalue weighted by atomic mass is 16.5. The Morgan fingerprint density at radius 1 is 1.50 bits per heavy atom. The number of hydrogen-bond acceptors (Lipinski definition) is 4. The van der Waals surface area contributed by atoms with Crippen LogP contribution in [0.15, 0.2) is 0 Å². The van der Waals surface area contributed by atoms with Gasteiger partial charge in [0.2, 0.25) is 5.91 Å². The van der Waals surface area contributed by atoms with E-state index in [1.54, 1.807) is 0 Å². The maximum atomic E-state index is 12.0. The summed E-state index contributed by atoms with van der Waals surface area (Å²) in [5.74, 6) is 0.412. The molecule has 5 heteroatoms. The van der Waals surface area contributed by atoms with Crippen LogP contribution in [0, 0.1) is 5.92 Å². The van der Waals surface area contributed by atoms with E-state index in [2.05, 4.69) is 5.32 Å². The van der Waals surface area contributed by atoms with E-state index in [1.165, 1.54) is 0 Å². The summed E-state index contributed by atoms with van der Waals surface area (Å²) < 4.78 is 5.65. The van der Waals surface area contributed by atoms with Gasteiger partial charge in [0.25, 0.3) is 0 Å². The Labute approximate surface area is 108 Å². The van der Waals surface area contributed by atoms with Gasteiger partial charge in [-0.1, -0.05) is 0 Å². The van der Waals surface area contributed by atoms with Crippen molar-refractivity contribution in [2.45, 2.75) is 38.4 Å². The summed E-state index contributed by atoms with van der Waals surface area (Å²) in [4.78, 5) is 13.8. The summed E-state index contributed by atoms with van der Waals surface area (Å²) in [6.07, 6.45) is 1.52. The zero-order valence-corrected chi connectivity index (χ0v) is 11.3. The topological polar surface area (TPSA) is 61.8 Å². The van der Waals surface area contributed by atoms with E-state index >= 15 is 0 Å². The number of hydrogen-bond donors (Lipinski definition) is 2. The number of carbonyl (C=O) groups excluding carboxylic acids is 1. The molecule has 2 heterocycles. The van der Waals surface area contributed by atoms with Crippen LogP contribution in [-0.4, -0.2) is 60.4 Å². The van der Waals surface area contributed by atoms with E-state index in [4.69, 9.17) is 4.74 Å². The molecule has 0 aliphatic carbocycles. The Bertz CT molecular complexity index is 295. The van der Waals surface area contributed by atoms with E-state index in [-0.39, 0.29) is 24.2 Å². The third-order valence-corrected chi connectivity index (χ3v) is 4.12. The molecule has 1 atom stereocenters. The zero-order valence-electron chi connectivity index (χ0n) is 11.3. The number of piperidine rings is 1. The second-order valence-corrected chi connectivity index (χ2v) is 5.80. The summed E-state index contributed by atoms with van der Waals surface area (Å²) in [5, 5.41) is 12.7. The molecular weight excluding hydrogens is 232 g/mol. The van der Waals surface area contributed by atoms with Crippen molar-refractivity contribution in [1.29, 1.82) is 0 Å². The number of aliphatic hydroxyl groups excluding tert-OH is 1. The van der Waals surface area contributed by atoms with Crippen molar-refractivity contribution >= 4 is 5.91 Å². The number of likely N-dealkylation sites (tertiary alicyclic amines) is 1. The lowest BCUT2D eigenvalue weighted by atomic mass is 9.92. The summed E-state index contributed by atoms with van der Waals surface area (Å²) >= 11 is 0. The van der Waals surface area contributed by atoms with Crippen LogP contribution in [0.5, 0.6) is 0 Å². The van der Waals surface area contributed by atoms with Gasteiger partial charge in [0, 0.05) is 26.2 Å². The van der Waals surface area contributed by atoms with Crippen molar-refractivity contribution < 1.29 is 14.6 Å². The molecule has 2 N–H and O–H groups in total. The van der Waals surface area contributed by atoms with Gasteiger partial charge in [0.1, 0.15) is 6.61 Å². The average molecular weight is 256 g/mol. The monoisotopic (exact) mass is 256 g/mol. The second-order valence-electron chi connectivity index (χ2n) is 5.80. The lowest BCUT2D eigenvalue weighted by molar-refractivity contribution is -0.147. The van der Waals surface area contributed by atoms with Crippen LogP contribution in [-0.2, 0) is 9.53 Å². The first-order chi connectivity index (χ1) is 8.50. The molecular formula is C13H24N2O3. The summed E-state index contributed by atoms with van der Waals surface area (Å²) in [7, 11) is 0. The van der Waals surface area contributed by atoms with Gasteiger partial charge >= 0.3 is 0 Å². The second kappa shape index (κ2) is 5.55. The van der Waals surface area contributed by atoms with Crippen LogP contribution >= 0.6 is 0 Å². The van der Waals surface area contributed by atoms with Crippen LogP contribution in [0.1, 0.15) is 26.7 Å². The number of rotatable bonds is 4. The summed E-state index contributed by atoms with van der Waals surface area (Å²) in [6, 6.07) is 0. The van der Waals surface area contributed by atoms with E-state index in [0.29, 0.717) is 5.92 Å². The average Bonchev–Trinajstić information content (AvgIpc) is 2.33. The Morgan fingerprint density at radius 3 is 2.56 bits per heavy atom. The first-order valence-corrected chi connectivity index (χ1v) is 6.81. The predicted molar refractivity (Wildman–Crippen MR) is 68.2 cm³/mol. The van der Waals surface area contributed by atoms with E-state index in [9.17, 15) is 9.90 Å². The Balaban J connectivity index is 1.70. The van der Waals surface area contributed by atoms with Gasteiger partial charge in [0.05, 0.1) is 11.7 Å². The maximum absolute atomic E-state index is 12.0. The Kier molecular flexibility index (Phi) is 4.25. The third kappa shape index (κ3) is 3.22. The van der Waals surface area contributed by atoms with E-state index in [1.807, 2.05) is 18.7 Å². The molecule has 2 aliphatic heterocycles. The van der Waals surface area contributed by atoms with Crippen molar-refractivity contribution in [2.24, 2.45) is 5.92 Å². The van der Waals surface area contributed by atoms with Crippen LogP contribution in [0.3, 0.4) is 0 Å². The first kappa shape index (κ1) is 13.8. The molecule has 2 saturated heterocycles. The SMILES string of the molecule is CC(O)C1CCN(C(=O)COC2(C)CNC2)CC1. The highest BCUT2D eigenvalue weighted by molar-refractivity contribution is 5.77.